The summed E-state index contributed by atoms with van der Waals surface area (Å²) in [5.41, 5.74) is 3.95. The van der Waals surface area contributed by atoms with Crippen molar-refractivity contribution in [3.8, 4) is 23.0 Å². The Morgan fingerprint density at radius 2 is 1.90 bits per heavy atom. The van der Waals surface area contributed by atoms with Gasteiger partial charge in [-0.2, -0.15) is 4.52 Å². The molecule has 2 bridgehead atoms. The van der Waals surface area contributed by atoms with Crippen LogP contribution in [0.15, 0.2) is 54.9 Å². The number of hydrogen-bond donors (Lipinski definition) is 1. The molecule has 1 N–H and O–H groups in total. The van der Waals surface area contributed by atoms with E-state index in [4.69, 9.17) is 19.6 Å². The first kappa shape index (κ1) is 26.4. The molecule has 4 aromatic heterocycles. The van der Waals surface area contributed by atoms with Crippen LogP contribution in [0.5, 0.6) is 5.88 Å². The van der Waals surface area contributed by atoms with Gasteiger partial charge in [-0.15, -0.1) is 5.10 Å². The summed E-state index contributed by atoms with van der Waals surface area (Å²) >= 11 is 0. The molecule has 0 amide bonds. The lowest BCUT2D eigenvalue weighted by atomic mass is 9.61. The van der Waals surface area contributed by atoms with Gasteiger partial charge in [0, 0.05) is 34.9 Å². The maximum Gasteiger partial charge on any atom is 0.311 e. The summed E-state index contributed by atoms with van der Waals surface area (Å²) in [5, 5.41) is 9.12. The predicted molar refractivity (Wildman–Crippen MR) is 157 cm³/mol. The molecule has 0 aliphatic heterocycles. The molecule has 216 valence electrons. The number of halogens is 1. The van der Waals surface area contributed by atoms with Crippen LogP contribution >= 0.6 is 0 Å². The highest BCUT2D eigenvalue weighted by atomic mass is 19.1. The van der Waals surface area contributed by atoms with Gasteiger partial charge in [0.1, 0.15) is 17.0 Å². The van der Waals surface area contributed by atoms with Crippen LogP contribution in [0.25, 0.3) is 33.6 Å². The number of esters is 1. The molecule has 4 heterocycles. The minimum absolute atomic E-state index is 0.114. The molecule has 9 nitrogen and oxygen atoms in total. The molecule has 0 spiro atoms. The van der Waals surface area contributed by atoms with Gasteiger partial charge in [0.05, 0.1) is 25.8 Å². The number of anilines is 1. The molecule has 3 aliphatic carbocycles. The fourth-order valence-electron chi connectivity index (χ4n) is 7.02. The minimum atomic E-state index is -0.445. The molecule has 0 radical (unpaired) electrons. The molecule has 10 heteroatoms. The SMILES string of the molecule is CCOC(=O)[C@@H]1C2CCC(CC2)[C@H]1Nc1nc(-c2cn(-c3ccccc3C)c3ncc(F)cc23)nn2c(OC)ccc12. The summed E-state index contributed by atoms with van der Waals surface area (Å²) in [4.78, 5) is 22.7. The van der Waals surface area contributed by atoms with E-state index in [0.717, 1.165) is 42.5 Å². The zero-order chi connectivity index (χ0) is 29.0. The number of methoxy groups -OCH3 is 1. The largest absolute Gasteiger partial charge is 0.481 e. The molecule has 3 aliphatic rings. The Hall–Kier alpha value is -4.47. The topological polar surface area (TPSA) is 95.6 Å². The first-order valence-corrected chi connectivity index (χ1v) is 14.6. The van der Waals surface area contributed by atoms with Crippen molar-refractivity contribution >= 4 is 28.3 Å². The summed E-state index contributed by atoms with van der Waals surface area (Å²) in [6.45, 7) is 4.23. The highest BCUT2D eigenvalue weighted by molar-refractivity contribution is 5.94. The zero-order valence-corrected chi connectivity index (χ0v) is 23.9. The Morgan fingerprint density at radius 1 is 1.12 bits per heavy atom. The van der Waals surface area contributed by atoms with E-state index in [1.807, 2.05) is 61.0 Å². The molecule has 8 rings (SSSR count). The second kappa shape index (κ2) is 10.4. The monoisotopic (exact) mass is 568 g/mol. The maximum absolute atomic E-state index is 14.6. The average molecular weight is 569 g/mol. The lowest BCUT2D eigenvalue weighted by Gasteiger charge is -2.47. The van der Waals surface area contributed by atoms with E-state index >= 15 is 0 Å². The summed E-state index contributed by atoms with van der Waals surface area (Å²) in [6, 6.07) is 13.1. The number of nitrogens with one attached hydrogen (secondary N) is 1. The molecule has 3 saturated carbocycles. The number of pyridine rings is 1. The first-order chi connectivity index (χ1) is 20.5. The molecule has 42 heavy (non-hydrogen) atoms. The van der Waals surface area contributed by atoms with Crippen molar-refractivity contribution in [3.05, 3.63) is 66.2 Å². The fourth-order valence-corrected chi connectivity index (χ4v) is 7.02. The van der Waals surface area contributed by atoms with Gasteiger partial charge in [0.2, 0.25) is 5.88 Å². The standard InChI is InChI=1S/C32H33FN6O3/c1-4-42-32(40)27-19-9-11-20(12-10-19)28(27)35-30-25-13-14-26(41-3)39(25)37-29(36-30)23-17-38(24-8-6-5-7-18(24)2)31-22(23)15-21(33)16-34-31/h5-8,13-17,19-20,27-28H,4,9-12H2,1-3H3,(H,35,36,37)/t19?,20?,27-,28-/m1/s1. The number of benzene rings is 1. The van der Waals surface area contributed by atoms with Crippen molar-refractivity contribution in [2.24, 2.45) is 17.8 Å². The number of para-hydroxylation sites is 1. The highest BCUT2D eigenvalue weighted by Gasteiger charge is 2.48. The van der Waals surface area contributed by atoms with Crippen molar-refractivity contribution < 1.29 is 18.7 Å². The molecule has 3 fully saturated rings. The molecule has 2 atom stereocenters. The smallest absolute Gasteiger partial charge is 0.311 e. The summed E-state index contributed by atoms with van der Waals surface area (Å²) < 4.78 is 29.4. The van der Waals surface area contributed by atoms with E-state index in [2.05, 4.69) is 10.3 Å². The highest BCUT2D eigenvalue weighted by Crippen LogP contribution is 2.47. The predicted octanol–water partition coefficient (Wildman–Crippen LogP) is 5.97. The van der Waals surface area contributed by atoms with Crippen LogP contribution in [-0.2, 0) is 9.53 Å². The van der Waals surface area contributed by atoms with E-state index in [0.29, 0.717) is 46.6 Å². The third kappa shape index (κ3) is 4.28. The Labute approximate surface area is 242 Å². The number of hydrogen-bond acceptors (Lipinski definition) is 7. The van der Waals surface area contributed by atoms with Gasteiger partial charge in [0.15, 0.2) is 11.6 Å². The van der Waals surface area contributed by atoms with Gasteiger partial charge >= 0.3 is 5.97 Å². The molecular weight excluding hydrogens is 535 g/mol. The first-order valence-electron chi connectivity index (χ1n) is 14.6. The van der Waals surface area contributed by atoms with Crippen LogP contribution in [0, 0.1) is 30.5 Å². The molecular formula is C32H33FN6O3. The molecule has 0 saturated heterocycles. The van der Waals surface area contributed by atoms with Crippen molar-refractivity contribution in [2.75, 3.05) is 19.0 Å². The average Bonchev–Trinajstić information content (AvgIpc) is 3.59. The Balaban J connectivity index is 1.40. The van der Waals surface area contributed by atoms with Crippen molar-refractivity contribution in [2.45, 2.75) is 45.6 Å². The fraction of sp³-hybridized carbons (Fsp3) is 0.375. The number of carbonyl (C=O) groups is 1. The van der Waals surface area contributed by atoms with Gasteiger partial charge in [-0.05, 0) is 75.1 Å². The van der Waals surface area contributed by atoms with E-state index in [9.17, 15) is 9.18 Å². The van der Waals surface area contributed by atoms with Crippen LogP contribution in [-0.4, -0.2) is 49.9 Å². The van der Waals surface area contributed by atoms with E-state index in [1.165, 1.54) is 12.3 Å². The molecule has 1 aromatic carbocycles. The quantitative estimate of drug-likeness (QED) is 0.242. The number of ether oxygens (including phenoxy) is 2. The third-order valence-corrected chi connectivity index (χ3v) is 8.99. The van der Waals surface area contributed by atoms with Crippen molar-refractivity contribution in [1.82, 2.24) is 24.1 Å². The van der Waals surface area contributed by atoms with E-state index < -0.39 is 5.82 Å². The maximum atomic E-state index is 14.6. The number of rotatable bonds is 7. The summed E-state index contributed by atoms with van der Waals surface area (Å²) in [7, 11) is 1.59. The van der Waals surface area contributed by atoms with Crippen LogP contribution in [0.2, 0.25) is 0 Å². The minimum Gasteiger partial charge on any atom is -0.481 e. The number of carbonyl (C=O) groups excluding carboxylic acids is 1. The molecule has 5 aromatic rings. The van der Waals surface area contributed by atoms with Gasteiger partial charge in [-0.1, -0.05) is 18.2 Å². The third-order valence-electron chi connectivity index (χ3n) is 8.99. The van der Waals surface area contributed by atoms with Crippen LogP contribution < -0.4 is 10.1 Å². The van der Waals surface area contributed by atoms with Gasteiger partial charge < -0.3 is 19.4 Å². The van der Waals surface area contributed by atoms with Gasteiger partial charge in [-0.3, -0.25) is 4.79 Å². The lowest BCUT2D eigenvalue weighted by molar-refractivity contribution is -0.154. The Kier molecular flexibility index (Phi) is 6.56. The van der Waals surface area contributed by atoms with E-state index in [1.54, 1.807) is 11.6 Å². The van der Waals surface area contributed by atoms with E-state index in [-0.39, 0.29) is 23.8 Å². The zero-order valence-electron chi connectivity index (χ0n) is 23.9. The van der Waals surface area contributed by atoms with Crippen LogP contribution in [0.1, 0.15) is 38.2 Å². The van der Waals surface area contributed by atoms with Crippen LogP contribution in [0.4, 0.5) is 10.2 Å². The lowest BCUT2D eigenvalue weighted by Crippen LogP contribution is -2.52. The Morgan fingerprint density at radius 3 is 2.67 bits per heavy atom. The van der Waals surface area contributed by atoms with Gasteiger partial charge in [0.25, 0.3) is 0 Å². The van der Waals surface area contributed by atoms with Crippen molar-refractivity contribution in [3.63, 3.8) is 0 Å². The number of fused-ring (bicyclic) bond motifs is 5. The van der Waals surface area contributed by atoms with Gasteiger partial charge in [-0.25, -0.2) is 14.4 Å². The molecule has 0 unspecified atom stereocenters. The second-order valence-electron chi connectivity index (χ2n) is 11.3. The van der Waals surface area contributed by atoms with Crippen LogP contribution in [0.3, 0.4) is 0 Å². The number of aryl methyl sites for hydroxylation is 1. The number of nitrogens with zero attached hydrogens (tertiary/aromatic N) is 5. The summed E-state index contributed by atoms with van der Waals surface area (Å²) in [5.74, 6) is 1.30. The normalized spacial score (nSPS) is 21.6. The van der Waals surface area contributed by atoms with Crippen molar-refractivity contribution in [1.29, 1.82) is 0 Å². The number of aromatic nitrogens is 5. The summed E-state index contributed by atoms with van der Waals surface area (Å²) in [6.07, 6.45) is 7.32. The Bertz CT molecular complexity index is 1810. The second-order valence-corrected chi connectivity index (χ2v) is 11.3.